The van der Waals surface area contributed by atoms with Crippen molar-refractivity contribution in [3.05, 3.63) is 58.5 Å². The molecule has 1 amide bonds. The molecule has 0 saturated heterocycles. The minimum Gasteiger partial charge on any atom is -0.370 e. The van der Waals surface area contributed by atoms with Crippen LogP contribution < -0.4 is 10.6 Å². The predicted molar refractivity (Wildman–Crippen MR) is 80.1 cm³/mol. The maximum atomic E-state index is 11.7. The van der Waals surface area contributed by atoms with Gasteiger partial charge in [0.2, 0.25) is 5.91 Å². The van der Waals surface area contributed by atoms with Crippen LogP contribution >= 0.6 is 0 Å². The average Bonchev–Trinajstić information content (AvgIpc) is 2.54. The van der Waals surface area contributed by atoms with Crippen molar-refractivity contribution in [1.82, 2.24) is 15.3 Å². The van der Waals surface area contributed by atoms with E-state index < -0.39 is 4.92 Å². The van der Waals surface area contributed by atoms with Gasteiger partial charge in [0.15, 0.2) is 0 Å². The number of hydrogen-bond donors (Lipinski definition) is 2. The maximum Gasteiger partial charge on any atom is 0.287 e. The van der Waals surface area contributed by atoms with Gasteiger partial charge in [-0.1, -0.05) is 6.07 Å². The van der Waals surface area contributed by atoms with Crippen LogP contribution in [0.4, 0.5) is 11.5 Å². The van der Waals surface area contributed by atoms with E-state index in [-0.39, 0.29) is 18.0 Å². The number of nitro groups is 1. The zero-order valence-corrected chi connectivity index (χ0v) is 11.7. The van der Waals surface area contributed by atoms with Crippen molar-refractivity contribution < 1.29 is 9.72 Å². The summed E-state index contributed by atoms with van der Waals surface area (Å²) in [4.78, 5) is 29.6. The lowest BCUT2D eigenvalue weighted by atomic mass is 10.3. The monoisotopic (exact) mass is 301 g/mol. The van der Waals surface area contributed by atoms with Gasteiger partial charge in [-0.25, -0.2) is 4.98 Å². The van der Waals surface area contributed by atoms with Gasteiger partial charge in [0.05, 0.1) is 17.2 Å². The summed E-state index contributed by atoms with van der Waals surface area (Å²) in [5.74, 6) is 0.378. The first-order valence-corrected chi connectivity index (χ1v) is 6.66. The molecule has 0 aromatic carbocycles. The summed E-state index contributed by atoms with van der Waals surface area (Å²) in [6.45, 7) is 0.772. The molecule has 0 aliphatic heterocycles. The van der Waals surface area contributed by atoms with Crippen molar-refractivity contribution in [2.45, 2.75) is 13.0 Å². The Hall–Kier alpha value is -3.03. The fourth-order valence-corrected chi connectivity index (χ4v) is 1.68. The van der Waals surface area contributed by atoms with Gasteiger partial charge in [-0.05, 0) is 18.2 Å². The summed E-state index contributed by atoms with van der Waals surface area (Å²) >= 11 is 0. The van der Waals surface area contributed by atoms with Crippen LogP contribution in [0.1, 0.15) is 12.1 Å². The zero-order valence-electron chi connectivity index (χ0n) is 11.7. The van der Waals surface area contributed by atoms with Crippen LogP contribution in [0.3, 0.4) is 0 Å². The summed E-state index contributed by atoms with van der Waals surface area (Å²) in [6.07, 6.45) is 3.11. The predicted octanol–water partition coefficient (Wildman–Crippen LogP) is 1.50. The standard InChI is InChI=1S/C14H15N5O3/c20-14(18-9-11-3-1-2-7-15-11)6-8-16-13-5-4-12(10-17-13)19(21)22/h1-5,7,10H,6,8-9H2,(H,16,17)(H,18,20). The van der Waals surface area contributed by atoms with Gasteiger partial charge >= 0.3 is 0 Å². The van der Waals surface area contributed by atoms with E-state index in [9.17, 15) is 14.9 Å². The number of carbonyl (C=O) groups excluding carboxylic acids is 1. The molecule has 0 atom stereocenters. The Morgan fingerprint density at radius 1 is 1.23 bits per heavy atom. The molecule has 2 aromatic rings. The maximum absolute atomic E-state index is 11.7. The molecule has 8 nitrogen and oxygen atoms in total. The van der Waals surface area contributed by atoms with Crippen LogP contribution in [0.25, 0.3) is 0 Å². The quantitative estimate of drug-likeness (QED) is 0.592. The Morgan fingerprint density at radius 2 is 2.09 bits per heavy atom. The first-order chi connectivity index (χ1) is 10.6. The van der Waals surface area contributed by atoms with Gasteiger partial charge in [-0.2, -0.15) is 0 Å². The van der Waals surface area contributed by atoms with E-state index in [1.165, 1.54) is 18.3 Å². The van der Waals surface area contributed by atoms with Gasteiger partial charge in [0, 0.05) is 25.2 Å². The molecule has 22 heavy (non-hydrogen) atoms. The molecule has 0 spiro atoms. The summed E-state index contributed by atoms with van der Waals surface area (Å²) < 4.78 is 0. The highest BCUT2D eigenvalue weighted by molar-refractivity contribution is 5.76. The molecule has 8 heteroatoms. The number of amides is 1. The molecular weight excluding hydrogens is 286 g/mol. The second-order valence-corrected chi connectivity index (χ2v) is 4.43. The molecule has 0 saturated carbocycles. The number of pyridine rings is 2. The summed E-state index contributed by atoms with van der Waals surface area (Å²) in [6, 6.07) is 8.36. The normalized spacial score (nSPS) is 10.0. The zero-order chi connectivity index (χ0) is 15.8. The number of nitrogens with zero attached hydrogens (tertiary/aromatic N) is 3. The third-order valence-corrected chi connectivity index (χ3v) is 2.81. The molecule has 0 aliphatic rings. The van der Waals surface area contributed by atoms with E-state index >= 15 is 0 Å². The van der Waals surface area contributed by atoms with Crippen molar-refractivity contribution in [1.29, 1.82) is 0 Å². The number of hydrogen-bond acceptors (Lipinski definition) is 6. The largest absolute Gasteiger partial charge is 0.370 e. The van der Waals surface area contributed by atoms with Crippen LogP contribution in [-0.2, 0) is 11.3 Å². The topological polar surface area (TPSA) is 110 Å². The van der Waals surface area contributed by atoms with Gasteiger partial charge in [-0.15, -0.1) is 0 Å². The van der Waals surface area contributed by atoms with E-state index in [0.717, 1.165) is 5.69 Å². The average molecular weight is 301 g/mol. The second kappa shape index (κ2) is 7.67. The minimum atomic E-state index is -0.512. The Morgan fingerprint density at radius 3 is 2.73 bits per heavy atom. The third kappa shape index (κ3) is 4.82. The molecule has 2 N–H and O–H groups in total. The number of carbonyl (C=O) groups is 1. The summed E-state index contributed by atoms with van der Waals surface area (Å²) in [7, 11) is 0. The van der Waals surface area contributed by atoms with Gasteiger partial charge in [0.1, 0.15) is 12.0 Å². The van der Waals surface area contributed by atoms with Crippen molar-refractivity contribution in [2.75, 3.05) is 11.9 Å². The summed E-state index contributed by atoms with van der Waals surface area (Å²) in [5.41, 5.74) is 0.722. The molecule has 114 valence electrons. The highest BCUT2D eigenvalue weighted by Gasteiger charge is 2.06. The van der Waals surface area contributed by atoms with Crippen molar-refractivity contribution >= 4 is 17.4 Å². The molecule has 2 heterocycles. The fourth-order valence-electron chi connectivity index (χ4n) is 1.68. The first-order valence-electron chi connectivity index (χ1n) is 6.66. The molecular formula is C14H15N5O3. The molecule has 2 rings (SSSR count). The van der Waals surface area contributed by atoms with E-state index in [0.29, 0.717) is 18.9 Å². The number of anilines is 1. The Bertz CT molecular complexity index is 631. The smallest absolute Gasteiger partial charge is 0.287 e. The molecule has 0 bridgehead atoms. The van der Waals surface area contributed by atoms with E-state index in [1.807, 2.05) is 18.2 Å². The highest BCUT2D eigenvalue weighted by Crippen LogP contribution is 2.11. The lowest BCUT2D eigenvalue weighted by molar-refractivity contribution is -0.385. The van der Waals surface area contributed by atoms with Crippen LogP contribution in [0.2, 0.25) is 0 Å². The summed E-state index contributed by atoms with van der Waals surface area (Å²) in [5, 5.41) is 16.2. The minimum absolute atomic E-state index is 0.0707. The van der Waals surface area contributed by atoms with E-state index in [2.05, 4.69) is 20.6 Å². The van der Waals surface area contributed by atoms with Crippen LogP contribution in [0, 0.1) is 10.1 Å². The number of nitrogens with one attached hydrogen (secondary N) is 2. The molecule has 2 aromatic heterocycles. The third-order valence-electron chi connectivity index (χ3n) is 2.81. The van der Waals surface area contributed by atoms with Crippen molar-refractivity contribution in [2.24, 2.45) is 0 Å². The molecule has 0 radical (unpaired) electrons. The van der Waals surface area contributed by atoms with Crippen molar-refractivity contribution in [3.63, 3.8) is 0 Å². The molecule has 0 fully saturated rings. The molecule has 0 unspecified atom stereocenters. The first kappa shape index (κ1) is 15.4. The second-order valence-electron chi connectivity index (χ2n) is 4.43. The number of rotatable bonds is 7. The lowest BCUT2D eigenvalue weighted by Crippen LogP contribution is -2.25. The van der Waals surface area contributed by atoms with E-state index in [4.69, 9.17) is 0 Å². The Balaban J connectivity index is 1.69. The van der Waals surface area contributed by atoms with E-state index in [1.54, 1.807) is 6.20 Å². The molecule has 0 aliphatic carbocycles. The lowest BCUT2D eigenvalue weighted by Gasteiger charge is -2.06. The van der Waals surface area contributed by atoms with Gasteiger partial charge < -0.3 is 10.6 Å². The fraction of sp³-hybridized carbons (Fsp3) is 0.214. The van der Waals surface area contributed by atoms with Crippen LogP contribution in [0.15, 0.2) is 42.7 Å². The SMILES string of the molecule is O=C(CCNc1ccc([N+](=O)[O-])cn1)NCc1ccccn1. The van der Waals surface area contributed by atoms with Crippen LogP contribution in [0.5, 0.6) is 0 Å². The van der Waals surface area contributed by atoms with Gasteiger partial charge in [-0.3, -0.25) is 19.9 Å². The van der Waals surface area contributed by atoms with Crippen molar-refractivity contribution in [3.8, 4) is 0 Å². The van der Waals surface area contributed by atoms with Crippen LogP contribution in [-0.4, -0.2) is 27.3 Å². The van der Waals surface area contributed by atoms with Gasteiger partial charge in [0.25, 0.3) is 5.69 Å². The Labute approximate surface area is 126 Å². The number of aromatic nitrogens is 2. The Kier molecular flexibility index (Phi) is 5.36. The highest BCUT2D eigenvalue weighted by atomic mass is 16.6.